The molecule has 1 aromatic rings. The molecule has 1 aromatic carbocycles. The monoisotopic (exact) mass is 268 g/mol. The Kier molecular flexibility index (Phi) is 5.51. The number of carbonyl (C=O) groups excluding carboxylic acids is 1. The van der Waals surface area contributed by atoms with Crippen LogP contribution in [-0.4, -0.2) is 10.1 Å². The van der Waals surface area contributed by atoms with Crippen LogP contribution in [0.15, 0.2) is 52.9 Å². The van der Waals surface area contributed by atoms with Gasteiger partial charge in [-0.1, -0.05) is 18.2 Å². The van der Waals surface area contributed by atoms with E-state index in [0.717, 1.165) is 0 Å². The van der Waals surface area contributed by atoms with E-state index in [1.807, 2.05) is 0 Å². The van der Waals surface area contributed by atoms with Crippen molar-refractivity contribution in [3.8, 4) is 0 Å². The van der Waals surface area contributed by atoms with E-state index in [0.29, 0.717) is 10.5 Å². The fourth-order valence-corrected chi connectivity index (χ4v) is 1.80. The highest BCUT2D eigenvalue weighted by Gasteiger charge is 2.01. The molecule has 1 aliphatic heterocycles. The third-order valence-electron chi connectivity index (χ3n) is 1.76. The Morgan fingerprint density at radius 3 is 2.35 bits per heavy atom. The molecular formula is C11H12N2O2S2. The Hall–Kier alpha value is -1.53. The minimum Gasteiger partial charge on any atom is -0.366 e. The van der Waals surface area contributed by atoms with Gasteiger partial charge in [0.2, 0.25) is 5.91 Å². The molecule has 0 saturated heterocycles. The highest BCUT2D eigenvalue weighted by atomic mass is 32.2. The average Bonchev–Trinajstić information content (AvgIpc) is 2.31. The number of thiol groups is 1. The fraction of sp³-hybridized carbons (Fsp3) is 0. The van der Waals surface area contributed by atoms with Crippen molar-refractivity contribution in [2.24, 2.45) is 5.73 Å². The van der Waals surface area contributed by atoms with E-state index in [4.69, 9.17) is 5.73 Å². The Labute approximate surface area is 108 Å². The molecule has 0 spiro atoms. The molecule has 2 rings (SSSR count). The highest BCUT2D eigenvalue weighted by Crippen LogP contribution is 2.10. The molecule has 90 valence electrons. The molecule has 17 heavy (non-hydrogen) atoms. The van der Waals surface area contributed by atoms with E-state index in [2.05, 4.69) is 17.4 Å². The highest BCUT2D eigenvalue weighted by molar-refractivity contribution is 7.86. The summed E-state index contributed by atoms with van der Waals surface area (Å²) in [4.78, 5) is 11.2. The number of hydrogen-bond acceptors (Lipinski definition) is 3. The lowest BCUT2D eigenvalue weighted by Gasteiger charge is -1.96. The first kappa shape index (κ1) is 13.5. The van der Waals surface area contributed by atoms with E-state index in [1.54, 1.807) is 48.0 Å². The number of benzene rings is 1. The number of nitrogens with two attached hydrogens (primary N) is 1. The molecule has 1 heterocycles. The number of amides is 1. The Morgan fingerprint density at radius 2 is 2.00 bits per heavy atom. The first-order chi connectivity index (χ1) is 8.11. The van der Waals surface area contributed by atoms with Gasteiger partial charge in [-0.25, -0.2) is 4.21 Å². The molecule has 3 N–H and O–H groups in total. The van der Waals surface area contributed by atoms with Gasteiger partial charge in [0, 0.05) is 16.5 Å². The second kappa shape index (κ2) is 6.93. The Morgan fingerprint density at radius 1 is 1.29 bits per heavy atom. The molecule has 0 aliphatic carbocycles. The summed E-state index contributed by atoms with van der Waals surface area (Å²) in [6, 6.07) is 6.92. The smallest absolute Gasteiger partial charge is 0.249 e. The molecule has 0 bridgehead atoms. The van der Waals surface area contributed by atoms with Gasteiger partial charge in [-0.3, -0.25) is 4.79 Å². The van der Waals surface area contributed by atoms with Crippen molar-refractivity contribution in [3.63, 3.8) is 0 Å². The van der Waals surface area contributed by atoms with Crippen LogP contribution >= 0.6 is 12.6 Å². The summed E-state index contributed by atoms with van der Waals surface area (Å²) in [5, 5.41) is 1.58. The third-order valence-corrected chi connectivity index (χ3v) is 2.93. The zero-order valence-electron chi connectivity index (χ0n) is 8.87. The molecular weight excluding hydrogens is 256 g/mol. The van der Waals surface area contributed by atoms with Gasteiger partial charge in [-0.2, -0.15) is 0 Å². The molecule has 0 radical (unpaired) electrons. The van der Waals surface area contributed by atoms with Crippen molar-refractivity contribution in [3.05, 3.63) is 53.6 Å². The van der Waals surface area contributed by atoms with Crippen molar-refractivity contribution in [1.82, 2.24) is 4.72 Å². The van der Waals surface area contributed by atoms with Gasteiger partial charge in [-0.15, -0.1) is 12.6 Å². The zero-order valence-corrected chi connectivity index (χ0v) is 10.6. The van der Waals surface area contributed by atoms with Crippen LogP contribution in [0.1, 0.15) is 10.4 Å². The van der Waals surface area contributed by atoms with Crippen LogP contribution in [0.25, 0.3) is 0 Å². The van der Waals surface area contributed by atoms with E-state index < -0.39 is 16.9 Å². The van der Waals surface area contributed by atoms with Crippen LogP contribution in [0.5, 0.6) is 0 Å². The van der Waals surface area contributed by atoms with Gasteiger partial charge in [0.25, 0.3) is 0 Å². The first-order valence-corrected chi connectivity index (χ1v) is 6.35. The van der Waals surface area contributed by atoms with Crippen LogP contribution in [0.4, 0.5) is 0 Å². The predicted octanol–water partition coefficient (Wildman–Crippen LogP) is 1.35. The van der Waals surface area contributed by atoms with Gasteiger partial charge >= 0.3 is 0 Å². The molecule has 6 heteroatoms. The second-order valence-corrected chi connectivity index (χ2v) is 4.57. The summed E-state index contributed by atoms with van der Waals surface area (Å²) in [6.45, 7) is 0. The van der Waals surface area contributed by atoms with Crippen LogP contribution in [-0.2, 0) is 11.0 Å². The molecule has 1 atom stereocenters. The number of nitrogens with one attached hydrogen (secondary N) is 1. The van der Waals surface area contributed by atoms with Crippen molar-refractivity contribution in [1.29, 1.82) is 0 Å². The zero-order chi connectivity index (χ0) is 12.7. The Balaban J connectivity index is 0.000000181. The van der Waals surface area contributed by atoms with Gasteiger partial charge in [-0.05, 0) is 18.2 Å². The van der Waals surface area contributed by atoms with Crippen molar-refractivity contribution >= 4 is 29.5 Å². The van der Waals surface area contributed by atoms with Crippen molar-refractivity contribution in [2.45, 2.75) is 4.90 Å². The minimum atomic E-state index is -0.958. The lowest BCUT2D eigenvalue weighted by atomic mass is 10.2. The van der Waals surface area contributed by atoms with E-state index in [1.165, 1.54) is 0 Å². The summed E-state index contributed by atoms with van der Waals surface area (Å²) >= 11 is 4.04. The number of hydrogen-bond donors (Lipinski definition) is 3. The second-order valence-electron chi connectivity index (χ2n) is 2.98. The standard InChI is InChI=1S/C7H7NOS.C4H5NOS/c8-7(9)5-3-1-2-4-6(5)10;6-7-4-2-1-3-5-7/h1-4,10H,(H2,8,9);1-5H. The van der Waals surface area contributed by atoms with Crippen LogP contribution < -0.4 is 10.5 Å². The van der Waals surface area contributed by atoms with Gasteiger partial charge in [0.15, 0.2) is 0 Å². The van der Waals surface area contributed by atoms with Gasteiger partial charge < -0.3 is 10.5 Å². The summed E-state index contributed by atoms with van der Waals surface area (Å²) in [5.74, 6) is -0.439. The summed E-state index contributed by atoms with van der Waals surface area (Å²) in [7, 11) is -0.958. The molecule has 1 aliphatic rings. The van der Waals surface area contributed by atoms with Gasteiger partial charge in [0.1, 0.15) is 11.0 Å². The van der Waals surface area contributed by atoms with E-state index in [-0.39, 0.29) is 0 Å². The van der Waals surface area contributed by atoms with Crippen LogP contribution in [0, 0.1) is 0 Å². The molecule has 4 nitrogen and oxygen atoms in total. The normalized spacial score (nSPS) is 16.6. The summed E-state index contributed by atoms with van der Waals surface area (Å²) in [5.41, 5.74) is 5.49. The maximum Gasteiger partial charge on any atom is 0.249 e. The Bertz CT molecular complexity index is 484. The summed E-state index contributed by atoms with van der Waals surface area (Å²) < 4.78 is 12.9. The third kappa shape index (κ3) is 4.88. The van der Waals surface area contributed by atoms with Crippen molar-refractivity contribution in [2.75, 3.05) is 0 Å². The largest absolute Gasteiger partial charge is 0.366 e. The quantitative estimate of drug-likeness (QED) is 0.673. The molecule has 0 fully saturated rings. The fourth-order valence-electron chi connectivity index (χ4n) is 1.000. The predicted molar refractivity (Wildman–Crippen MR) is 71.8 cm³/mol. The van der Waals surface area contributed by atoms with E-state index in [9.17, 15) is 9.00 Å². The maximum atomic E-state index is 10.6. The lowest BCUT2D eigenvalue weighted by molar-refractivity contribution is 0.0997. The molecule has 0 aromatic heterocycles. The first-order valence-electron chi connectivity index (χ1n) is 4.69. The summed E-state index contributed by atoms with van der Waals surface area (Å²) in [6.07, 6.45) is 5.18. The number of primary amides is 1. The average molecular weight is 268 g/mol. The number of carbonyl (C=O) groups is 1. The molecule has 1 unspecified atom stereocenters. The maximum absolute atomic E-state index is 10.6. The van der Waals surface area contributed by atoms with Crippen molar-refractivity contribution < 1.29 is 9.00 Å². The van der Waals surface area contributed by atoms with Crippen LogP contribution in [0.2, 0.25) is 0 Å². The SMILES string of the molecule is NC(=O)c1ccccc1S.O=S1C=CC=CN1. The van der Waals surface area contributed by atoms with Crippen LogP contribution in [0.3, 0.4) is 0 Å². The molecule has 0 saturated carbocycles. The minimum absolute atomic E-state index is 0.439. The number of allylic oxidation sites excluding steroid dienone is 2. The van der Waals surface area contributed by atoms with E-state index >= 15 is 0 Å². The topological polar surface area (TPSA) is 72.2 Å². The number of rotatable bonds is 1. The van der Waals surface area contributed by atoms with Gasteiger partial charge in [0.05, 0.1) is 5.56 Å². The lowest BCUT2D eigenvalue weighted by Crippen LogP contribution is -2.11. The molecule has 1 amide bonds.